The van der Waals surface area contributed by atoms with E-state index >= 15 is 0 Å². The summed E-state index contributed by atoms with van der Waals surface area (Å²) in [6, 6.07) is 9.08. The molecule has 0 amide bonds. The van der Waals surface area contributed by atoms with Gasteiger partial charge in [0, 0.05) is 12.6 Å². The van der Waals surface area contributed by atoms with E-state index in [1.54, 1.807) is 28.6 Å². The zero-order valence-corrected chi connectivity index (χ0v) is 12.5. The van der Waals surface area contributed by atoms with E-state index in [1.165, 1.54) is 0 Å². The van der Waals surface area contributed by atoms with Gasteiger partial charge < -0.3 is 5.32 Å². The minimum absolute atomic E-state index is 0.232. The van der Waals surface area contributed by atoms with Gasteiger partial charge in [0.05, 0.1) is 4.90 Å². The smallest absolute Gasteiger partial charge is 0.243 e. The SMILES string of the molecule is O=S(=O)(c1ccccc1)N(CC1CCNCC1)C1CC1. The summed E-state index contributed by atoms with van der Waals surface area (Å²) in [4.78, 5) is 0.431. The molecule has 1 aromatic carbocycles. The Labute approximate surface area is 121 Å². The van der Waals surface area contributed by atoms with Gasteiger partial charge in [-0.2, -0.15) is 4.31 Å². The number of hydrogen-bond donors (Lipinski definition) is 1. The normalized spacial score (nSPS) is 21.2. The van der Waals surface area contributed by atoms with Gasteiger partial charge in [0.2, 0.25) is 10.0 Å². The Morgan fingerprint density at radius 1 is 1.05 bits per heavy atom. The van der Waals surface area contributed by atoms with Crippen LogP contribution in [0.15, 0.2) is 35.2 Å². The van der Waals surface area contributed by atoms with Crippen LogP contribution < -0.4 is 5.32 Å². The molecule has 1 N–H and O–H groups in total. The molecular formula is C15H22N2O2S. The second kappa shape index (κ2) is 5.84. The van der Waals surface area contributed by atoms with Crippen molar-refractivity contribution in [2.24, 2.45) is 5.92 Å². The number of piperidine rings is 1. The van der Waals surface area contributed by atoms with E-state index < -0.39 is 10.0 Å². The van der Waals surface area contributed by atoms with E-state index in [-0.39, 0.29) is 6.04 Å². The molecule has 20 heavy (non-hydrogen) atoms. The van der Waals surface area contributed by atoms with Crippen molar-refractivity contribution in [2.45, 2.75) is 36.6 Å². The van der Waals surface area contributed by atoms with Crippen LogP contribution in [0.1, 0.15) is 25.7 Å². The number of benzene rings is 1. The number of rotatable bonds is 5. The van der Waals surface area contributed by atoms with Gasteiger partial charge in [0.1, 0.15) is 0 Å². The topological polar surface area (TPSA) is 49.4 Å². The summed E-state index contributed by atoms with van der Waals surface area (Å²) in [5.41, 5.74) is 0. The third-order valence-corrected chi connectivity index (χ3v) is 6.13. The summed E-state index contributed by atoms with van der Waals surface area (Å²) in [5.74, 6) is 0.496. The molecule has 1 aromatic rings. The number of hydrogen-bond acceptors (Lipinski definition) is 3. The predicted octanol–water partition coefficient (Wildman–Crippen LogP) is 1.84. The molecule has 0 atom stereocenters. The van der Waals surface area contributed by atoms with Crippen LogP contribution in [0.25, 0.3) is 0 Å². The summed E-state index contributed by atoms with van der Waals surface area (Å²) in [7, 11) is -3.32. The van der Waals surface area contributed by atoms with Gasteiger partial charge >= 0.3 is 0 Å². The fraction of sp³-hybridized carbons (Fsp3) is 0.600. The fourth-order valence-corrected chi connectivity index (χ4v) is 4.63. The third kappa shape index (κ3) is 3.05. The molecule has 0 radical (unpaired) electrons. The molecule has 0 bridgehead atoms. The lowest BCUT2D eigenvalue weighted by Crippen LogP contribution is -2.40. The van der Waals surface area contributed by atoms with Crippen molar-refractivity contribution in [1.29, 1.82) is 0 Å². The van der Waals surface area contributed by atoms with Gasteiger partial charge in [-0.25, -0.2) is 8.42 Å². The van der Waals surface area contributed by atoms with E-state index in [4.69, 9.17) is 0 Å². The molecule has 1 saturated heterocycles. The Morgan fingerprint density at radius 2 is 1.70 bits per heavy atom. The highest BCUT2D eigenvalue weighted by Gasteiger charge is 2.39. The second-order valence-corrected chi connectivity index (χ2v) is 7.70. The number of nitrogens with zero attached hydrogens (tertiary/aromatic N) is 1. The van der Waals surface area contributed by atoms with Crippen LogP contribution >= 0.6 is 0 Å². The molecule has 1 aliphatic carbocycles. The Bertz CT molecular complexity index is 534. The quantitative estimate of drug-likeness (QED) is 0.901. The van der Waals surface area contributed by atoms with E-state index in [2.05, 4.69) is 5.32 Å². The minimum Gasteiger partial charge on any atom is -0.317 e. The Balaban J connectivity index is 1.79. The molecule has 4 nitrogen and oxygen atoms in total. The standard InChI is InChI=1S/C15H22N2O2S/c18-20(19,15-4-2-1-3-5-15)17(14-6-7-14)12-13-8-10-16-11-9-13/h1-5,13-14,16H,6-12H2. The summed E-state index contributed by atoms with van der Waals surface area (Å²) >= 11 is 0. The molecule has 0 aromatic heterocycles. The van der Waals surface area contributed by atoms with E-state index in [0.29, 0.717) is 17.4 Å². The van der Waals surface area contributed by atoms with Gasteiger partial charge in [-0.05, 0) is 56.8 Å². The lowest BCUT2D eigenvalue weighted by molar-refractivity contribution is 0.283. The highest BCUT2D eigenvalue weighted by atomic mass is 32.2. The summed E-state index contributed by atoms with van der Waals surface area (Å²) in [6.45, 7) is 2.70. The van der Waals surface area contributed by atoms with Crippen molar-refractivity contribution in [3.63, 3.8) is 0 Å². The monoisotopic (exact) mass is 294 g/mol. The summed E-state index contributed by atoms with van der Waals surface area (Å²) in [5, 5.41) is 3.34. The zero-order chi connectivity index (χ0) is 14.0. The molecule has 2 fully saturated rings. The van der Waals surface area contributed by atoms with E-state index in [9.17, 15) is 8.42 Å². The molecule has 1 heterocycles. The first-order valence-corrected chi connectivity index (χ1v) is 8.89. The van der Waals surface area contributed by atoms with Crippen molar-refractivity contribution in [3.8, 4) is 0 Å². The maximum atomic E-state index is 12.8. The van der Waals surface area contributed by atoms with Crippen LogP contribution in [0, 0.1) is 5.92 Å². The van der Waals surface area contributed by atoms with Gasteiger partial charge in [0.25, 0.3) is 0 Å². The van der Waals surface area contributed by atoms with Crippen LogP contribution in [0.2, 0.25) is 0 Å². The maximum Gasteiger partial charge on any atom is 0.243 e. The number of sulfonamides is 1. The highest BCUT2D eigenvalue weighted by Crippen LogP contribution is 2.33. The lowest BCUT2D eigenvalue weighted by atomic mass is 9.98. The second-order valence-electron chi connectivity index (χ2n) is 5.81. The minimum atomic E-state index is -3.32. The lowest BCUT2D eigenvalue weighted by Gasteiger charge is -2.29. The number of nitrogens with one attached hydrogen (secondary N) is 1. The van der Waals surface area contributed by atoms with Gasteiger partial charge in [0.15, 0.2) is 0 Å². The average Bonchev–Trinajstić information content (AvgIpc) is 3.31. The molecule has 5 heteroatoms. The third-order valence-electron chi connectivity index (χ3n) is 4.20. The molecule has 110 valence electrons. The van der Waals surface area contributed by atoms with E-state index in [0.717, 1.165) is 38.8 Å². The molecule has 0 unspecified atom stereocenters. The van der Waals surface area contributed by atoms with Gasteiger partial charge in [-0.3, -0.25) is 0 Å². The van der Waals surface area contributed by atoms with E-state index in [1.807, 2.05) is 6.07 Å². The first-order chi connectivity index (χ1) is 9.68. The molecule has 3 rings (SSSR count). The van der Waals surface area contributed by atoms with Crippen molar-refractivity contribution < 1.29 is 8.42 Å². The molecule has 1 aliphatic heterocycles. The first-order valence-electron chi connectivity index (χ1n) is 7.45. The average molecular weight is 294 g/mol. The largest absolute Gasteiger partial charge is 0.317 e. The fourth-order valence-electron chi connectivity index (χ4n) is 2.85. The maximum absolute atomic E-state index is 12.8. The highest BCUT2D eigenvalue weighted by molar-refractivity contribution is 7.89. The first kappa shape index (κ1) is 14.0. The van der Waals surface area contributed by atoms with Crippen molar-refractivity contribution >= 4 is 10.0 Å². The van der Waals surface area contributed by atoms with Crippen LogP contribution in [-0.2, 0) is 10.0 Å². The van der Waals surface area contributed by atoms with Gasteiger partial charge in [-0.15, -0.1) is 0 Å². The van der Waals surface area contributed by atoms with Crippen molar-refractivity contribution in [1.82, 2.24) is 9.62 Å². The molecule has 2 aliphatic rings. The van der Waals surface area contributed by atoms with Crippen LogP contribution in [-0.4, -0.2) is 38.4 Å². The predicted molar refractivity (Wildman–Crippen MR) is 78.9 cm³/mol. The molecule has 0 spiro atoms. The molecular weight excluding hydrogens is 272 g/mol. The Hall–Kier alpha value is -0.910. The zero-order valence-electron chi connectivity index (χ0n) is 11.7. The van der Waals surface area contributed by atoms with Crippen LogP contribution in [0.5, 0.6) is 0 Å². The summed E-state index contributed by atoms with van der Waals surface area (Å²) < 4.78 is 27.4. The Morgan fingerprint density at radius 3 is 2.30 bits per heavy atom. The van der Waals surface area contributed by atoms with Crippen LogP contribution in [0.3, 0.4) is 0 Å². The van der Waals surface area contributed by atoms with Crippen LogP contribution in [0.4, 0.5) is 0 Å². The van der Waals surface area contributed by atoms with Crippen molar-refractivity contribution in [2.75, 3.05) is 19.6 Å². The summed E-state index contributed by atoms with van der Waals surface area (Å²) in [6.07, 6.45) is 4.18. The van der Waals surface area contributed by atoms with Gasteiger partial charge in [-0.1, -0.05) is 18.2 Å². The van der Waals surface area contributed by atoms with Crippen molar-refractivity contribution in [3.05, 3.63) is 30.3 Å². The molecule has 1 saturated carbocycles. The Kier molecular flexibility index (Phi) is 4.10.